The number of nitro benzene ring substituents is 1. The van der Waals surface area contributed by atoms with E-state index in [4.69, 9.17) is 5.26 Å². The van der Waals surface area contributed by atoms with Gasteiger partial charge in [0.05, 0.1) is 28.0 Å². The van der Waals surface area contributed by atoms with E-state index in [2.05, 4.69) is 0 Å². The van der Waals surface area contributed by atoms with Crippen LogP contribution in [0.25, 0.3) is 0 Å². The van der Waals surface area contributed by atoms with Gasteiger partial charge in [-0.15, -0.1) is 0 Å². The van der Waals surface area contributed by atoms with Crippen molar-refractivity contribution in [1.82, 2.24) is 0 Å². The SMILES string of the molecule is CCN(c1ccccc1)S(=O)(=O)c1ccc(N(C)C(C)CC#N)c([N+](=O)[O-])c1. The van der Waals surface area contributed by atoms with E-state index in [1.165, 1.54) is 16.4 Å². The van der Waals surface area contributed by atoms with Crippen LogP contribution in [0.2, 0.25) is 0 Å². The van der Waals surface area contributed by atoms with Crippen LogP contribution in [0.5, 0.6) is 0 Å². The van der Waals surface area contributed by atoms with Gasteiger partial charge in [-0.2, -0.15) is 5.26 Å². The smallest absolute Gasteiger partial charge is 0.293 e. The molecule has 8 nitrogen and oxygen atoms in total. The molecule has 0 spiro atoms. The fraction of sp³-hybridized carbons (Fsp3) is 0.316. The van der Waals surface area contributed by atoms with E-state index in [-0.39, 0.29) is 35.3 Å². The second kappa shape index (κ2) is 8.71. The summed E-state index contributed by atoms with van der Waals surface area (Å²) in [6, 6.07) is 14.2. The van der Waals surface area contributed by atoms with Crippen LogP contribution in [0.4, 0.5) is 17.1 Å². The first kappa shape index (κ1) is 21.2. The number of sulfonamides is 1. The molecule has 2 rings (SSSR count). The Morgan fingerprint density at radius 2 is 1.86 bits per heavy atom. The van der Waals surface area contributed by atoms with Crippen LogP contribution in [0.3, 0.4) is 0 Å². The molecule has 0 aliphatic rings. The zero-order valence-corrected chi connectivity index (χ0v) is 16.8. The van der Waals surface area contributed by atoms with E-state index in [1.54, 1.807) is 56.1 Å². The minimum atomic E-state index is -3.98. The summed E-state index contributed by atoms with van der Waals surface area (Å²) in [5, 5.41) is 20.5. The molecular weight excluding hydrogens is 380 g/mol. The third-order valence-electron chi connectivity index (χ3n) is 4.49. The summed E-state index contributed by atoms with van der Waals surface area (Å²) >= 11 is 0. The standard InChI is InChI=1S/C19H22N4O4S/c1-4-22(16-8-6-5-7-9-16)28(26,27)17-10-11-18(19(14-17)23(24)25)21(3)15(2)12-13-20/h5-11,14-15H,4,12H2,1-3H3. The van der Waals surface area contributed by atoms with Crippen molar-refractivity contribution in [2.45, 2.75) is 31.2 Å². The highest BCUT2D eigenvalue weighted by Crippen LogP contribution is 2.33. The molecule has 1 atom stereocenters. The van der Waals surface area contributed by atoms with Crippen LogP contribution in [0, 0.1) is 21.4 Å². The summed E-state index contributed by atoms with van der Waals surface area (Å²) < 4.78 is 27.4. The number of benzene rings is 2. The third kappa shape index (κ3) is 4.23. The highest BCUT2D eigenvalue weighted by atomic mass is 32.2. The van der Waals surface area contributed by atoms with Gasteiger partial charge in [0.15, 0.2) is 0 Å². The molecule has 9 heteroatoms. The van der Waals surface area contributed by atoms with Crippen molar-refractivity contribution in [1.29, 1.82) is 5.26 Å². The molecule has 0 bridgehead atoms. The molecule has 0 heterocycles. The summed E-state index contributed by atoms with van der Waals surface area (Å²) in [4.78, 5) is 12.4. The maximum atomic E-state index is 13.1. The van der Waals surface area contributed by atoms with Crippen LogP contribution in [-0.4, -0.2) is 33.0 Å². The Morgan fingerprint density at radius 3 is 2.39 bits per heavy atom. The topological polar surface area (TPSA) is 108 Å². The summed E-state index contributed by atoms with van der Waals surface area (Å²) in [5.41, 5.74) is 0.420. The molecule has 0 N–H and O–H groups in total. The second-order valence-corrected chi connectivity index (χ2v) is 8.10. The molecule has 2 aromatic carbocycles. The Morgan fingerprint density at radius 1 is 1.21 bits per heavy atom. The number of nitro groups is 1. The average molecular weight is 402 g/mol. The van der Waals surface area contributed by atoms with E-state index in [9.17, 15) is 18.5 Å². The van der Waals surface area contributed by atoms with Crippen molar-refractivity contribution in [2.75, 3.05) is 22.8 Å². The molecule has 0 aliphatic carbocycles. The van der Waals surface area contributed by atoms with Crippen LogP contribution in [-0.2, 0) is 10.0 Å². The van der Waals surface area contributed by atoms with Crippen molar-refractivity contribution in [3.8, 4) is 6.07 Å². The lowest BCUT2D eigenvalue weighted by molar-refractivity contribution is -0.384. The minimum Gasteiger partial charge on any atom is -0.365 e. The fourth-order valence-electron chi connectivity index (χ4n) is 2.83. The van der Waals surface area contributed by atoms with Gasteiger partial charge >= 0.3 is 0 Å². The van der Waals surface area contributed by atoms with Gasteiger partial charge in [-0.25, -0.2) is 8.42 Å². The molecule has 0 aromatic heterocycles. The summed E-state index contributed by atoms with van der Waals surface area (Å²) in [5.74, 6) is 0. The summed E-state index contributed by atoms with van der Waals surface area (Å²) in [6.07, 6.45) is 0.186. The number of nitrogens with zero attached hydrogens (tertiary/aromatic N) is 4. The number of anilines is 2. The Labute approximate surface area is 164 Å². The highest BCUT2D eigenvalue weighted by molar-refractivity contribution is 7.92. The third-order valence-corrected chi connectivity index (χ3v) is 6.39. The molecule has 0 saturated carbocycles. The summed E-state index contributed by atoms with van der Waals surface area (Å²) in [6.45, 7) is 3.65. The van der Waals surface area contributed by atoms with Crippen LogP contribution >= 0.6 is 0 Å². The predicted molar refractivity (Wildman–Crippen MR) is 108 cm³/mol. The van der Waals surface area contributed by atoms with Gasteiger partial charge in [-0.3, -0.25) is 14.4 Å². The van der Waals surface area contributed by atoms with E-state index in [0.29, 0.717) is 5.69 Å². The Hall–Kier alpha value is -3.12. The fourth-order valence-corrected chi connectivity index (χ4v) is 4.32. The molecule has 1 unspecified atom stereocenters. The molecule has 2 aromatic rings. The molecule has 0 amide bonds. The number of para-hydroxylation sites is 1. The van der Waals surface area contributed by atoms with Crippen molar-refractivity contribution < 1.29 is 13.3 Å². The van der Waals surface area contributed by atoms with E-state index < -0.39 is 14.9 Å². The van der Waals surface area contributed by atoms with Gasteiger partial charge < -0.3 is 4.90 Å². The molecule has 0 fully saturated rings. The molecule has 0 radical (unpaired) electrons. The summed E-state index contributed by atoms with van der Waals surface area (Å²) in [7, 11) is -2.34. The first-order valence-corrected chi connectivity index (χ1v) is 10.1. The van der Waals surface area contributed by atoms with Gasteiger partial charge in [-0.1, -0.05) is 18.2 Å². The number of rotatable bonds is 8. The van der Waals surface area contributed by atoms with Gasteiger partial charge in [0.2, 0.25) is 0 Å². The lowest BCUT2D eigenvalue weighted by Gasteiger charge is -2.26. The van der Waals surface area contributed by atoms with Crippen molar-refractivity contribution >= 4 is 27.1 Å². The molecular formula is C19H22N4O4S. The highest BCUT2D eigenvalue weighted by Gasteiger charge is 2.28. The number of hydrogen-bond donors (Lipinski definition) is 0. The lowest BCUT2D eigenvalue weighted by atomic mass is 10.2. The van der Waals surface area contributed by atoms with Gasteiger partial charge in [0.25, 0.3) is 15.7 Å². The predicted octanol–water partition coefficient (Wildman–Crippen LogP) is 3.55. The van der Waals surface area contributed by atoms with Crippen molar-refractivity contribution in [3.63, 3.8) is 0 Å². The average Bonchev–Trinajstić information content (AvgIpc) is 2.68. The van der Waals surface area contributed by atoms with Gasteiger partial charge in [0.1, 0.15) is 5.69 Å². The van der Waals surface area contributed by atoms with Crippen LogP contribution in [0.1, 0.15) is 20.3 Å². The van der Waals surface area contributed by atoms with Gasteiger partial charge in [0, 0.05) is 25.7 Å². The first-order chi connectivity index (χ1) is 13.2. The van der Waals surface area contributed by atoms with Crippen molar-refractivity contribution in [3.05, 3.63) is 58.6 Å². The Balaban J connectivity index is 2.53. The van der Waals surface area contributed by atoms with E-state index in [0.717, 1.165) is 6.07 Å². The van der Waals surface area contributed by atoms with E-state index >= 15 is 0 Å². The first-order valence-electron chi connectivity index (χ1n) is 8.70. The quantitative estimate of drug-likeness (QED) is 0.494. The normalized spacial score (nSPS) is 12.1. The zero-order chi connectivity index (χ0) is 20.9. The van der Waals surface area contributed by atoms with Gasteiger partial charge in [-0.05, 0) is 38.1 Å². The molecule has 0 aliphatic heterocycles. The minimum absolute atomic E-state index is 0.157. The zero-order valence-electron chi connectivity index (χ0n) is 15.9. The largest absolute Gasteiger partial charge is 0.365 e. The van der Waals surface area contributed by atoms with E-state index in [1.807, 2.05) is 6.07 Å². The maximum absolute atomic E-state index is 13.1. The Kier molecular flexibility index (Phi) is 6.59. The van der Waals surface area contributed by atoms with Crippen molar-refractivity contribution in [2.24, 2.45) is 0 Å². The second-order valence-electron chi connectivity index (χ2n) is 6.24. The maximum Gasteiger partial charge on any atom is 0.293 e. The molecule has 148 valence electrons. The number of nitriles is 1. The Bertz CT molecular complexity index is 987. The van der Waals surface area contributed by atoms with Crippen LogP contribution < -0.4 is 9.21 Å². The lowest BCUT2D eigenvalue weighted by Crippen LogP contribution is -2.31. The molecule has 28 heavy (non-hydrogen) atoms. The number of hydrogen-bond acceptors (Lipinski definition) is 6. The molecule has 0 saturated heterocycles. The monoisotopic (exact) mass is 402 g/mol. The van der Waals surface area contributed by atoms with Crippen LogP contribution in [0.15, 0.2) is 53.4 Å².